The van der Waals surface area contributed by atoms with Gasteiger partial charge in [0.05, 0.1) is 6.61 Å². The van der Waals surface area contributed by atoms with Crippen molar-refractivity contribution in [3.05, 3.63) is 35.9 Å². The lowest BCUT2D eigenvalue weighted by Gasteiger charge is -2.05. The summed E-state index contributed by atoms with van der Waals surface area (Å²) in [7, 11) is 0. The van der Waals surface area contributed by atoms with E-state index in [2.05, 4.69) is 5.32 Å². The second-order valence-electron chi connectivity index (χ2n) is 3.81. The molecule has 5 heteroatoms. The smallest absolute Gasteiger partial charge is 0.312 e. The molecule has 5 nitrogen and oxygen atoms in total. The molecule has 0 heterocycles. The summed E-state index contributed by atoms with van der Waals surface area (Å²) < 4.78 is 5.41. The Morgan fingerprint density at radius 3 is 2.61 bits per heavy atom. The minimum atomic E-state index is -1.12. The lowest BCUT2D eigenvalue weighted by molar-refractivity contribution is -0.140. The molecule has 0 aliphatic heterocycles. The number of hydrogen-bond donors (Lipinski definition) is 2. The number of carboxylic acid groups (broad SMARTS) is 1. The van der Waals surface area contributed by atoms with Gasteiger partial charge in [-0.05, 0) is 12.0 Å². The molecule has 0 radical (unpaired) electrons. The predicted octanol–water partition coefficient (Wildman–Crippen LogP) is 1.18. The summed E-state index contributed by atoms with van der Waals surface area (Å²) in [6.45, 7) is 1.51. The molecule has 2 N–H and O–H groups in total. The highest BCUT2D eigenvalue weighted by atomic mass is 16.5. The van der Waals surface area contributed by atoms with Crippen LogP contribution >= 0.6 is 0 Å². The van der Waals surface area contributed by atoms with E-state index in [4.69, 9.17) is 9.84 Å². The molecule has 1 aromatic rings. The second-order valence-corrected chi connectivity index (χ2v) is 3.81. The predicted molar refractivity (Wildman–Crippen MR) is 66.0 cm³/mol. The summed E-state index contributed by atoms with van der Waals surface area (Å²) in [6, 6.07) is 9.81. The first-order chi connectivity index (χ1) is 8.68. The summed E-state index contributed by atoms with van der Waals surface area (Å²) in [5.41, 5.74) is 1.10. The standard InChI is InChI=1S/C13H17NO4/c15-12(9-13(16)17)14-7-4-8-18-10-11-5-2-1-3-6-11/h1-3,5-6H,4,7-10H2,(H,14,15)(H,16,17). The summed E-state index contributed by atoms with van der Waals surface area (Å²) in [4.78, 5) is 21.2. The zero-order valence-electron chi connectivity index (χ0n) is 10.1. The van der Waals surface area contributed by atoms with E-state index < -0.39 is 18.3 Å². The van der Waals surface area contributed by atoms with E-state index in [1.165, 1.54) is 0 Å². The van der Waals surface area contributed by atoms with Crippen LogP contribution in [0.1, 0.15) is 18.4 Å². The fraction of sp³-hybridized carbons (Fsp3) is 0.385. The number of carboxylic acids is 1. The maximum Gasteiger partial charge on any atom is 0.312 e. The van der Waals surface area contributed by atoms with E-state index in [-0.39, 0.29) is 0 Å². The quantitative estimate of drug-likeness (QED) is 0.537. The van der Waals surface area contributed by atoms with Gasteiger partial charge in [0.2, 0.25) is 5.91 Å². The van der Waals surface area contributed by atoms with Gasteiger partial charge >= 0.3 is 5.97 Å². The number of benzene rings is 1. The molecule has 18 heavy (non-hydrogen) atoms. The Bertz CT molecular complexity index is 378. The van der Waals surface area contributed by atoms with Crippen molar-refractivity contribution in [2.75, 3.05) is 13.2 Å². The SMILES string of the molecule is O=C(O)CC(=O)NCCCOCc1ccccc1. The van der Waals surface area contributed by atoms with Crippen LogP contribution in [-0.2, 0) is 20.9 Å². The van der Waals surface area contributed by atoms with Crippen LogP contribution in [-0.4, -0.2) is 30.1 Å². The number of ether oxygens (including phenoxy) is 1. The molecule has 0 aliphatic carbocycles. The summed E-state index contributed by atoms with van der Waals surface area (Å²) in [5.74, 6) is -1.58. The lowest BCUT2D eigenvalue weighted by atomic mass is 10.2. The Morgan fingerprint density at radius 1 is 1.22 bits per heavy atom. The number of rotatable bonds is 8. The molecule has 1 aromatic carbocycles. The molecule has 0 aromatic heterocycles. The zero-order chi connectivity index (χ0) is 13.2. The van der Waals surface area contributed by atoms with E-state index in [1.807, 2.05) is 30.3 Å². The first kappa shape index (κ1) is 14.2. The molecule has 1 rings (SSSR count). The van der Waals surface area contributed by atoms with Gasteiger partial charge in [0, 0.05) is 13.2 Å². The highest BCUT2D eigenvalue weighted by Gasteiger charge is 2.05. The van der Waals surface area contributed by atoms with Crippen molar-refractivity contribution in [3.63, 3.8) is 0 Å². The first-order valence-electron chi connectivity index (χ1n) is 5.78. The number of carbonyl (C=O) groups is 2. The molecule has 1 amide bonds. The van der Waals surface area contributed by atoms with E-state index in [1.54, 1.807) is 0 Å². The molecule has 0 saturated heterocycles. The summed E-state index contributed by atoms with van der Waals surface area (Å²) in [5, 5.41) is 10.9. The van der Waals surface area contributed by atoms with Crippen LogP contribution < -0.4 is 5.32 Å². The van der Waals surface area contributed by atoms with Crippen LogP contribution in [0.3, 0.4) is 0 Å². The highest BCUT2D eigenvalue weighted by molar-refractivity contribution is 5.93. The van der Waals surface area contributed by atoms with Crippen molar-refractivity contribution in [3.8, 4) is 0 Å². The number of aliphatic carboxylic acids is 1. The molecular weight excluding hydrogens is 234 g/mol. The Hall–Kier alpha value is -1.88. The van der Waals surface area contributed by atoms with Gasteiger partial charge in [0.15, 0.2) is 0 Å². The third kappa shape index (κ3) is 6.65. The first-order valence-corrected chi connectivity index (χ1v) is 5.78. The van der Waals surface area contributed by atoms with E-state index in [0.717, 1.165) is 5.56 Å². The molecule has 0 fully saturated rings. The van der Waals surface area contributed by atoms with Gasteiger partial charge in [-0.15, -0.1) is 0 Å². The molecular formula is C13H17NO4. The van der Waals surface area contributed by atoms with Crippen LogP contribution in [0.2, 0.25) is 0 Å². The van der Waals surface area contributed by atoms with Gasteiger partial charge < -0.3 is 15.2 Å². The van der Waals surface area contributed by atoms with Crippen molar-refractivity contribution in [1.29, 1.82) is 0 Å². The topological polar surface area (TPSA) is 75.6 Å². The zero-order valence-corrected chi connectivity index (χ0v) is 10.1. The van der Waals surface area contributed by atoms with Gasteiger partial charge in [-0.1, -0.05) is 30.3 Å². The average molecular weight is 251 g/mol. The number of hydrogen-bond acceptors (Lipinski definition) is 3. The van der Waals surface area contributed by atoms with Crippen molar-refractivity contribution in [1.82, 2.24) is 5.32 Å². The van der Waals surface area contributed by atoms with E-state index >= 15 is 0 Å². The van der Waals surface area contributed by atoms with E-state index in [9.17, 15) is 9.59 Å². The van der Waals surface area contributed by atoms with Crippen molar-refractivity contribution < 1.29 is 19.4 Å². The van der Waals surface area contributed by atoms with Crippen molar-refractivity contribution >= 4 is 11.9 Å². The fourth-order valence-corrected chi connectivity index (χ4v) is 1.37. The second kappa shape index (κ2) is 8.25. The largest absolute Gasteiger partial charge is 0.481 e. The van der Waals surface area contributed by atoms with Crippen molar-refractivity contribution in [2.45, 2.75) is 19.4 Å². The molecule has 0 aliphatic rings. The minimum absolute atomic E-state index is 0.431. The monoisotopic (exact) mass is 251 g/mol. The highest BCUT2D eigenvalue weighted by Crippen LogP contribution is 2.00. The van der Waals surface area contributed by atoms with Crippen LogP contribution in [0.4, 0.5) is 0 Å². The minimum Gasteiger partial charge on any atom is -0.481 e. The van der Waals surface area contributed by atoms with Crippen LogP contribution in [0.25, 0.3) is 0 Å². The third-order valence-electron chi connectivity index (χ3n) is 2.21. The summed E-state index contributed by atoms with van der Waals surface area (Å²) >= 11 is 0. The Labute approximate surface area is 106 Å². The molecule has 0 spiro atoms. The third-order valence-corrected chi connectivity index (χ3v) is 2.21. The van der Waals surface area contributed by atoms with Crippen LogP contribution in [0.5, 0.6) is 0 Å². The molecule has 0 unspecified atom stereocenters. The number of nitrogens with one attached hydrogen (secondary N) is 1. The maximum atomic E-state index is 11.0. The molecule has 98 valence electrons. The molecule has 0 bridgehead atoms. The normalized spacial score (nSPS) is 10.0. The Balaban J connectivity index is 1.99. The lowest BCUT2D eigenvalue weighted by Crippen LogP contribution is -2.27. The molecule has 0 atom stereocenters. The summed E-state index contributed by atoms with van der Waals surface area (Å²) in [6.07, 6.45) is 0.184. The Kier molecular flexibility index (Phi) is 6.50. The van der Waals surface area contributed by atoms with Crippen molar-refractivity contribution in [2.24, 2.45) is 0 Å². The average Bonchev–Trinajstić information content (AvgIpc) is 2.34. The van der Waals surface area contributed by atoms with Gasteiger partial charge in [-0.3, -0.25) is 9.59 Å². The van der Waals surface area contributed by atoms with Gasteiger partial charge in [-0.2, -0.15) is 0 Å². The maximum absolute atomic E-state index is 11.0. The Morgan fingerprint density at radius 2 is 1.94 bits per heavy atom. The van der Waals surface area contributed by atoms with Gasteiger partial charge in [-0.25, -0.2) is 0 Å². The van der Waals surface area contributed by atoms with Crippen LogP contribution in [0.15, 0.2) is 30.3 Å². The van der Waals surface area contributed by atoms with Gasteiger partial charge in [0.25, 0.3) is 0 Å². The van der Waals surface area contributed by atoms with Crippen LogP contribution in [0, 0.1) is 0 Å². The number of amides is 1. The molecule has 0 saturated carbocycles. The fourth-order valence-electron chi connectivity index (χ4n) is 1.37. The number of carbonyl (C=O) groups excluding carboxylic acids is 1. The van der Waals surface area contributed by atoms with Gasteiger partial charge in [0.1, 0.15) is 6.42 Å². The van der Waals surface area contributed by atoms with E-state index in [0.29, 0.717) is 26.2 Å².